The Bertz CT molecular complexity index is 1030. The van der Waals surface area contributed by atoms with Crippen molar-refractivity contribution in [2.45, 2.75) is 20.3 Å². The summed E-state index contributed by atoms with van der Waals surface area (Å²) in [6, 6.07) is 1.83. The Morgan fingerprint density at radius 1 is 1.33 bits per heavy atom. The van der Waals surface area contributed by atoms with E-state index in [-0.39, 0.29) is 23.8 Å². The molecule has 0 saturated carbocycles. The summed E-state index contributed by atoms with van der Waals surface area (Å²) in [6.45, 7) is 6.29. The Hall–Kier alpha value is -2.91. The summed E-state index contributed by atoms with van der Waals surface area (Å²) in [6.07, 6.45) is 6.13. The summed E-state index contributed by atoms with van der Waals surface area (Å²) in [4.78, 5) is 32.3. The molecule has 30 heavy (non-hydrogen) atoms. The first-order valence-corrected chi connectivity index (χ1v) is 10.1. The second kappa shape index (κ2) is 8.08. The van der Waals surface area contributed by atoms with E-state index in [0.29, 0.717) is 29.5 Å². The van der Waals surface area contributed by atoms with Crippen LogP contribution in [0.25, 0.3) is 10.9 Å². The fraction of sp³-hybridized carbons (Fsp3) is 0.476. The minimum atomic E-state index is -0.292. The van der Waals surface area contributed by atoms with Crippen LogP contribution in [-0.4, -0.2) is 69.9 Å². The molecule has 9 heteroatoms. The maximum atomic E-state index is 12.5. The van der Waals surface area contributed by atoms with Crippen molar-refractivity contribution in [2.75, 3.05) is 43.9 Å². The van der Waals surface area contributed by atoms with E-state index in [2.05, 4.69) is 42.5 Å². The number of piperidine rings is 1. The number of pyridine rings is 1. The van der Waals surface area contributed by atoms with Gasteiger partial charge in [0, 0.05) is 61.1 Å². The molecule has 0 bridgehead atoms. The van der Waals surface area contributed by atoms with E-state index < -0.39 is 0 Å². The molecule has 9 nitrogen and oxygen atoms in total. The van der Waals surface area contributed by atoms with Crippen molar-refractivity contribution >= 4 is 34.3 Å². The lowest BCUT2D eigenvalue weighted by molar-refractivity contribution is -0.114. The monoisotopic (exact) mass is 409 g/mol. The first-order valence-electron chi connectivity index (χ1n) is 10.1. The van der Waals surface area contributed by atoms with E-state index in [0.717, 1.165) is 30.6 Å². The van der Waals surface area contributed by atoms with E-state index in [4.69, 9.17) is 0 Å². The zero-order valence-corrected chi connectivity index (χ0v) is 17.5. The van der Waals surface area contributed by atoms with Crippen molar-refractivity contribution in [2.24, 2.45) is 16.3 Å². The molecular formula is C21H27N7O2. The Balaban J connectivity index is 1.58. The van der Waals surface area contributed by atoms with Crippen molar-refractivity contribution in [3.8, 4) is 0 Å². The molecule has 4 rings (SSSR count). The number of aromatic nitrogens is 3. The molecule has 0 spiro atoms. The smallest absolute Gasteiger partial charge is 0.293 e. The predicted octanol–water partition coefficient (Wildman–Crippen LogP) is 1.68. The Morgan fingerprint density at radius 2 is 2.17 bits per heavy atom. The molecule has 2 aliphatic rings. The number of aliphatic hydroxyl groups excluding tert-OH is 1. The molecule has 2 aromatic heterocycles. The minimum Gasteiger partial charge on any atom is -0.396 e. The third-order valence-electron chi connectivity index (χ3n) is 5.44. The first-order chi connectivity index (χ1) is 14.3. The summed E-state index contributed by atoms with van der Waals surface area (Å²) < 4.78 is 0. The molecule has 1 fully saturated rings. The Morgan fingerprint density at radius 3 is 2.97 bits per heavy atom. The lowest BCUT2D eigenvalue weighted by Crippen LogP contribution is -2.40. The molecular weight excluding hydrogens is 382 g/mol. The molecule has 2 aliphatic heterocycles. The van der Waals surface area contributed by atoms with Crippen molar-refractivity contribution < 1.29 is 9.90 Å². The predicted molar refractivity (Wildman–Crippen MR) is 116 cm³/mol. The fourth-order valence-electron chi connectivity index (χ4n) is 3.51. The zero-order valence-electron chi connectivity index (χ0n) is 17.5. The summed E-state index contributed by atoms with van der Waals surface area (Å²) in [5, 5.41) is 16.6. The van der Waals surface area contributed by atoms with Crippen molar-refractivity contribution in [1.29, 1.82) is 0 Å². The van der Waals surface area contributed by atoms with Crippen LogP contribution in [0.4, 0.5) is 11.8 Å². The van der Waals surface area contributed by atoms with E-state index in [1.54, 1.807) is 12.4 Å². The number of dihydropyridines is 1. The van der Waals surface area contributed by atoms with Gasteiger partial charge in [-0.2, -0.15) is 0 Å². The number of nitrogens with zero attached hydrogens (tertiary/aromatic N) is 5. The molecule has 158 valence electrons. The van der Waals surface area contributed by atoms with E-state index >= 15 is 0 Å². The largest absolute Gasteiger partial charge is 0.396 e. The number of hydrogen-bond donors (Lipinski definition) is 3. The average molecular weight is 409 g/mol. The minimum absolute atomic E-state index is 0.0572. The van der Waals surface area contributed by atoms with Crippen LogP contribution in [0.1, 0.15) is 20.3 Å². The van der Waals surface area contributed by atoms with Crippen LogP contribution in [0.15, 0.2) is 35.2 Å². The molecule has 1 amide bonds. The van der Waals surface area contributed by atoms with Crippen LogP contribution in [0.2, 0.25) is 0 Å². The number of amides is 1. The zero-order chi connectivity index (χ0) is 21.3. The van der Waals surface area contributed by atoms with Crippen LogP contribution in [-0.2, 0) is 4.79 Å². The number of rotatable bonds is 6. The first kappa shape index (κ1) is 20.4. The number of carbonyl (C=O) groups excluding carboxylic acids is 1. The van der Waals surface area contributed by atoms with Gasteiger partial charge in [0.25, 0.3) is 5.91 Å². The van der Waals surface area contributed by atoms with Gasteiger partial charge in [-0.05, 0) is 25.6 Å². The maximum absolute atomic E-state index is 12.5. The van der Waals surface area contributed by atoms with Crippen LogP contribution in [0, 0.1) is 11.3 Å². The third kappa shape index (κ3) is 4.31. The van der Waals surface area contributed by atoms with E-state index in [1.165, 1.54) is 0 Å². The van der Waals surface area contributed by atoms with Gasteiger partial charge < -0.3 is 20.6 Å². The van der Waals surface area contributed by atoms with Crippen LogP contribution in [0.3, 0.4) is 0 Å². The van der Waals surface area contributed by atoms with Gasteiger partial charge in [0.1, 0.15) is 11.2 Å². The third-order valence-corrected chi connectivity index (χ3v) is 5.44. The lowest BCUT2D eigenvalue weighted by Gasteiger charge is -2.31. The SMILES string of the molecule is CN1CCC2=NC(=O)C(Nc3ncc4ccnc(NCC(C)(C)CO)c4n3)=CC2C1. The number of anilines is 2. The highest BCUT2D eigenvalue weighted by atomic mass is 16.3. The summed E-state index contributed by atoms with van der Waals surface area (Å²) >= 11 is 0. The van der Waals surface area contributed by atoms with Gasteiger partial charge in [-0.3, -0.25) is 4.79 Å². The summed E-state index contributed by atoms with van der Waals surface area (Å²) in [7, 11) is 2.07. The Kier molecular flexibility index (Phi) is 5.48. The molecule has 1 saturated heterocycles. The maximum Gasteiger partial charge on any atom is 0.293 e. The van der Waals surface area contributed by atoms with Gasteiger partial charge in [0.2, 0.25) is 5.95 Å². The number of carbonyl (C=O) groups is 1. The lowest BCUT2D eigenvalue weighted by atomic mass is 9.92. The number of aliphatic hydroxyl groups is 1. The van der Waals surface area contributed by atoms with Crippen molar-refractivity contribution in [3.05, 3.63) is 30.2 Å². The molecule has 4 heterocycles. The van der Waals surface area contributed by atoms with Crippen molar-refractivity contribution in [3.63, 3.8) is 0 Å². The quantitative estimate of drug-likeness (QED) is 0.660. The molecule has 0 aromatic carbocycles. The Labute approximate surface area is 175 Å². The number of hydrogen-bond acceptors (Lipinski definition) is 8. The topological polar surface area (TPSA) is 116 Å². The number of nitrogens with one attached hydrogen (secondary N) is 2. The highest BCUT2D eigenvalue weighted by Crippen LogP contribution is 2.24. The van der Waals surface area contributed by atoms with E-state index in [9.17, 15) is 9.90 Å². The fourth-order valence-corrected chi connectivity index (χ4v) is 3.51. The van der Waals surface area contributed by atoms with Gasteiger partial charge in [0.05, 0.1) is 0 Å². The molecule has 3 N–H and O–H groups in total. The number of aliphatic imine (C=N–C) groups is 1. The molecule has 1 atom stereocenters. The second-order valence-electron chi connectivity index (χ2n) is 8.70. The highest BCUT2D eigenvalue weighted by molar-refractivity contribution is 6.09. The van der Waals surface area contributed by atoms with Gasteiger partial charge in [-0.25, -0.2) is 19.9 Å². The summed E-state index contributed by atoms with van der Waals surface area (Å²) in [5.41, 5.74) is 1.71. The van der Waals surface area contributed by atoms with Gasteiger partial charge in [-0.1, -0.05) is 13.8 Å². The van der Waals surface area contributed by atoms with Crippen LogP contribution < -0.4 is 10.6 Å². The van der Waals surface area contributed by atoms with Crippen LogP contribution >= 0.6 is 0 Å². The van der Waals surface area contributed by atoms with Gasteiger partial charge in [0.15, 0.2) is 5.82 Å². The second-order valence-corrected chi connectivity index (χ2v) is 8.70. The normalized spacial score (nSPS) is 19.9. The van der Waals surface area contributed by atoms with Gasteiger partial charge in [-0.15, -0.1) is 0 Å². The van der Waals surface area contributed by atoms with Crippen LogP contribution in [0.5, 0.6) is 0 Å². The van der Waals surface area contributed by atoms with E-state index in [1.807, 2.05) is 26.0 Å². The average Bonchev–Trinajstić information content (AvgIpc) is 2.73. The van der Waals surface area contributed by atoms with Crippen molar-refractivity contribution in [1.82, 2.24) is 19.9 Å². The molecule has 0 radical (unpaired) electrons. The number of likely N-dealkylation sites (tertiary alicyclic amines) is 1. The highest BCUT2D eigenvalue weighted by Gasteiger charge is 2.28. The molecule has 1 unspecified atom stereocenters. The van der Waals surface area contributed by atoms with Gasteiger partial charge >= 0.3 is 0 Å². The number of fused-ring (bicyclic) bond motifs is 2. The standard InChI is InChI=1S/C21H27N7O2/c1-21(2,12-29)11-24-18-17-13(4-6-22-18)9-23-20(27-17)26-16-8-14-10-28(3)7-5-15(14)25-19(16)30/h4,6,8-9,14,29H,5,7,10-12H2,1-3H3,(H,22,24)(H,23,26,27). The molecule has 2 aromatic rings. The summed E-state index contributed by atoms with van der Waals surface area (Å²) in [5.74, 6) is 0.771. The molecule has 0 aliphatic carbocycles.